The molecule has 0 radical (unpaired) electrons. The van der Waals surface area contributed by atoms with Gasteiger partial charge in [0.25, 0.3) is 0 Å². The second kappa shape index (κ2) is 5.82. The molecule has 1 aliphatic carbocycles. The van der Waals surface area contributed by atoms with Gasteiger partial charge in [-0.1, -0.05) is 18.2 Å². The first kappa shape index (κ1) is 15.0. The third-order valence-electron chi connectivity index (χ3n) is 5.10. The molecule has 2 atom stereocenters. The van der Waals surface area contributed by atoms with E-state index in [0.29, 0.717) is 19.0 Å². The number of fused-ring (bicyclic) bond motifs is 2. The van der Waals surface area contributed by atoms with Gasteiger partial charge in [-0.05, 0) is 30.5 Å². The quantitative estimate of drug-likeness (QED) is 0.938. The Bertz CT molecular complexity index is 777. The largest absolute Gasteiger partial charge is 0.493 e. The Morgan fingerprint density at radius 1 is 1.42 bits per heavy atom. The molecule has 1 spiro atoms. The maximum absolute atomic E-state index is 12.6. The van der Waals surface area contributed by atoms with Crippen LogP contribution < -0.4 is 14.8 Å². The normalized spacial score (nSPS) is 24.0. The third kappa shape index (κ3) is 2.50. The van der Waals surface area contributed by atoms with Crippen molar-refractivity contribution in [2.75, 3.05) is 13.7 Å². The maximum atomic E-state index is 12.6. The third-order valence-corrected chi connectivity index (χ3v) is 5.10. The molecule has 1 aromatic carbocycles. The fraction of sp³-hybridized carbons (Fsp3) is 0.368. The van der Waals surface area contributed by atoms with E-state index in [4.69, 9.17) is 9.47 Å². The van der Waals surface area contributed by atoms with Crippen molar-refractivity contribution in [3.05, 3.63) is 53.7 Å². The summed E-state index contributed by atoms with van der Waals surface area (Å²) in [6, 6.07) is 11.8. The van der Waals surface area contributed by atoms with E-state index >= 15 is 0 Å². The molecular formula is C19H20N2O3. The summed E-state index contributed by atoms with van der Waals surface area (Å²) in [6.07, 6.45) is 3.50. The molecule has 124 valence electrons. The number of nitrogens with zero attached hydrogens (tertiary/aromatic N) is 1. The predicted molar refractivity (Wildman–Crippen MR) is 89.0 cm³/mol. The van der Waals surface area contributed by atoms with Gasteiger partial charge < -0.3 is 14.8 Å². The van der Waals surface area contributed by atoms with E-state index in [-0.39, 0.29) is 17.2 Å². The first-order chi connectivity index (χ1) is 11.7. The Balaban J connectivity index is 1.44. The van der Waals surface area contributed by atoms with Gasteiger partial charge >= 0.3 is 0 Å². The summed E-state index contributed by atoms with van der Waals surface area (Å²) in [7, 11) is 1.58. The van der Waals surface area contributed by atoms with Crippen LogP contribution in [0.5, 0.6) is 11.6 Å². The van der Waals surface area contributed by atoms with Crippen LogP contribution in [0.1, 0.15) is 24.0 Å². The van der Waals surface area contributed by atoms with Crippen LogP contribution in [-0.2, 0) is 16.8 Å². The monoisotopic (exact) mass is 324 g/mol. The van der Waals surface area contributed by atoms with Gasteiger partial charge in [-0.2, -0.15) is 0 Å². The Kier molecular flexibility index (Phi) is 3.63. The molecular weight excluding hydrogens is 304 g/mol. The summed E-state index contributed by atoms with van der Waals surface area (Å²) in [6.45, 7) is 1.17. The van der Waals surface area contributed by atoms with Gasteiger partial charge in [0.05, 0.1) is 13.7 Å². The Morgan fingerprint density at radius 2 is 2.29 bits per heavy atom. The summed E-state index contributed by atoms with van der Waals surface area (Å²) in [5, 5.41) is 3.05. The minimum absolute atomic E-state index is 0.0329. The number of ether oxygens (including phenoxy) is 2. The molecule has 4 rings (SSSR count). The second-order valence-electron chi connectivity index (χ2n) is 6.43. The number of nitrogens with one attached hydrogen (secondary N) is 1. The molecule has 5 heteroatoms. The number of pyridine rings is 1. The summed E-state index contributed by atoms with van der Waals surface area (Å²) in [5.41, 5.74) is 2.13. The molecule has 1 amide bonds. The van der Waals surface area contributed by atoms with Crippen LogP contribution >= 0.6 is 0 Å². The van der Waals surface area contributed by atoms with Gasteiger partial charge in [-0.3, -0.25) is 4.79 Å². The summed E-state index contributed by atoms with van der Waals surface area (Å²) >= 11 is 0. The fourth-order valence-corrected chi connectivity index (χ4v) is 3.69. The van der Waals surface area contributed by atoms with Crippen LogP contribution in [0.4, 0.5) is 0 Å². The number of para-hydroxylation sites is 1. The topological polar surface area (TPSA) is 60.5 Å². The summed E-state index contributed by atoms with van der Waals surface area (Å²) in [4.78, 5) is 16.7. The van der Waals surface area contributed by atoms with Crippen molar-refractivity contribution < 1.29 is 14.3 Å². The Morgan fingerprint density at radius 3 is 3.17 bits per heavy atom. The zero-order chi connectivity index (χ0) is 16.6. The molecule has 1 N–H and O–H groups in total. The smallest absolute Gasteiger partial charge is 0.224 e. The van der Waals surface area contributed by atoms with Crippen LogP contribution in [0, 0.1) is 5.92 Å². The molecule has 1 fully saturated rings. The average molecular weight is 324 g/mol. The minimum Gasteiger partial charge on any atom is -0.493 e. The van der Waals surface area contributed by atoms with Gasteiger partial charge in [0.15, 0.2) is 0 Å². The van der Waals surface area contributed by atoms with Crippen LogP contribution in [0.2, 0.25) is 0 Å². The predicted octanol–water partition coefficient (Wildman–Crippen LogP) is 2.45. The first-order valence-corrected chi connectivity index (χ1v) is 8.22. The molecule has 2 aliphatic rings. The highest BCUT2D eigenvalue weighted by molar-refractivity contribution is 5.84. The molecule has 2 heterocycles. The standard InChI is InChI=1S/C19H20N2O3/c1-23-17-10-13(6-8-20-17)12-21-18(22)15-11-19(15)7-9-24-16-5-3-2-4-14(16)19/h2-6,8,10,15H,7,9,11-12H2,1H3,(H,21,22)/t15-,19-/m0/s1. The average Bonchev–Trinajstić information content (AvgIpc) is 3.35. The molecule has 5 nitrogen and oxygen atoms in total. The zero-order valence-corrected chi connectivity index (χ0v) is 13.6. The lowest BCUT2D eigenvalue weighted by molar-refractivity contribution is -0.123. The van der Waals surface area contributed by atoms with Crippen molar-refractivity contribution in [2.45, 2.75) is 24.8 Å². The van der Waals surface area contributed by atoms with E-state index < -0.39 is 0 Å². The first-order valence-electron chi connectivity index (χ1n) is 8.22. The van der Waals surface area contributed by atoms with Crippen LogP contribution in [0.3, 0.4) is 0 Å². The molecule has 24 heavy (non-hydrogen) atoms. The minimum atomic E-state index is -0.0329. The SMILES string of the molecule is COc1cc(CNC(=O)[C@@H]2C[C@]23CCOc2ccccc23)ccn1. The molecule has 1 saturated carbocycles. The Hall–Kier alpha value is -2.56. The van der Waals surface area contributed by atoms with Crippen molar-refractivity contribution in [3.63, 3.8) is 0 Å². The van der Waals surface area contributed by atoms with E-state index in [2.05, 4.69) is 16.4 Å². The highest BCUT2D eigenvalue weighted by Gasteiger charge is 2.60. The van der Waals surface area contributed by atoms with Gasteiger partial charge in [-0.25, -0.2) is 4.98 Å². The van der Waals surface area contributed by atoms with Crippen molar-refractivity contribution in [2.24, 2.45) is 5.92 Å². The molecule has 2 aromatic rings. The van der Waals surface area contributed by atoms with Gasteiger partial charge in [0, 0.05) is 35.7 Å². The molecule has 1 aliphatic heterocycles. The van der Waals surface area contributed by atoms with Crippen molar-refractivity contribution in [1.29, 1.82) is 0 Å². The maximum Gasteiger partial charge on any atom is 0.224 e. The molecule has 0 saturated heterocycles. The number of methoxy groups -OCH3 is 1. The van der Waals surface area contributed by atoms with E-state index in [1.165, 1.54) is 5.56 Å². The number of amides is 1. The highest BCUT2D eigenvalue weighted by atomic mass is 16.5. The van der Waals surface area contributed by atoms with Crippen LogP contribution in [0.15, 0.2) is 42.6 Å². The second-order valence-corrected chi connectivity index (χ2v) is 6.43. The lowest BCUT2D eigenvalue weighted by Crippen LogP contribution is -2.30. The molecule has 1 aromatic heterocycles. The molecule has 0 unspecified atom stereocenters. The Labute approximate surface area is 141 Å². The summed E-state index contributed by atoms with van der Waals surface area (Å²) in [5.74, 6) is 1.63. The van der Waals surface area contributed by atoms with Gasteiger partial charge in [0.1, 0.15) is 5.75 Å². The van der Waals surface area contributed by atoms with Crippen LogP contribution in [0.25, 0.3) is 0 Å². The number of carbonyl (C=O) groups is 1. The lowest BCUT2D eigenvalue weighted by atomic mass is 9.87. The fourth-order valence-electron chi connectivity index (χ4n) is 3.69. The van der Waals surface area contributed by atoms with Crippen molar-refractivity contribution in [1.82, 2.24) is 10.3 Å². The van der Waals surface area contributed by atoms with Gasteiger partial charge in [0.2, 0.25) is 11.8 Å². The number of hydrogen-bond donors (Lipinski definition) is 1. The highest BCUT2D eigenvalue weighted by Crippen LogP contribution is 2.60. The number of rotatable bonds is 4. The van der Waals surface area contributed by atoms with E-state index in [9.17, 15) is 4.79 Å². The number of benzene rings is 1. The molecule has 0 bridgehead atoms. The van der Waals surface area contributed by atoms with Crippen molar-refractivity contribution in [3.8, 4) is 11.6 Å². The van der Waals surface area contributed by atoms with E-state index in [1.807, 2.05) is 30.3 Å². The summed E-state index contributed by atoms with van der Waals surface area (Å²) < 4.78 is 10.8. The number of carbonyl (C=O) groups excluding carboxylic acids is 1. The zero-order valence-electron chi connectivity index (χ0n) is 13.6. The lowest BCUT2D eigenvalue weighted by Gasteiger charge is -2.26. The van der Waals surface area contributed by atoms with E-state index in [0.717, 1.165) is 24.2 Å². The van der Waals surface area contributed by atoms with Crippen LogP contribution in [-0.4, -0.2) is 24.6 Å². The van der Waals surface area contributed by atoms with E-state index in [1.54, 1.807) is 13.3 Å². The number of hydrogen-bond acceptors (Lipinski definition) is 4. The van der Waals surface area contributed by atoms with Crippen molar-refractivity contribution >= 4 is 5.91 Å². The van der Waals surface area contributed by atoms with Gasteiger partial charge in [-0.15, -0.1) is 0 Å². The number of aromatic nitrogens is 1.